The summed E-state index contributed by atoms with van der Waals surface area (Å²) in [6, 6.07) is 64.6. The Kier molecular flexibility index (Phi) is 6.88. The zero-order valence-corrected chi connectivity index (χ0v) is 29.9. The highest BCUT2D eigenvalue weighted by Gasteiger charge is 2.23. The summed E-state index contributed by atoms with van der Waals surface area (Å²) in [5, 5.41) is 28.4. The second kappa shape index (κ2) is 12.2. The fourth-order valence-corrected chi connectivity index (χ4v) is 8.58. The maximum Gasteiger partial charge on any atom is 0.137 e. The highest BCUT2D eigenvalue weighted by atomic mass is 16.3. The number of benzene rings is 8. The fraction of sp³-hybridized carbons (Fsp3) is 0. The minimum Gasteiger partial charge on any atom is -0.456 e. The molecule has 11 aromatic rings. The smallest absolute Gasteiger partial charge is 0.137 e. The Hall–Kier alpha value is -8.06. The van der Waals surface area contributed by atoms with E-state index in [1.54, 1.807) is 0 Å². The van der Waals surface area contributed by atoms with Crippen molar-refractivity contribution >= 4 is 82.6 Å². The van der Waals surface area contributed by atoms with Gasteiger partial charge in [-0.25, -0.2) is 0 Å². The lowest BCUT2D eigenvalue weighted by atomic mass is 10.0. The van der Waals surface area contributed by atoms with Gasteiger partial charge >= 0.3 is 0 Å². The van der Waals surface area contributed by atoms with Gasteiger partial charge in [0.25, 0.3) is 0 Å². The zero-order chi connectivity index (χ0) is 37.3. The van der Waals surface area contributed by atoms with Crippen molar-refractivity contribution in [3.63, 3.8) is 0 Å². The van der Waals surface area contributed by atoms with Crippen molar-refractivity contribution in [2.75, 3.05) is 4.90 Å². The molecule has 0 N–H and O–H groups in total. The van der Waals surface area contributed by atoms with Crippen LogP contribution in [0.25, 0.3) is 76.9 Å². The summed E-state index contributed by atoms with van der Waals surface area (Å²) < 4.78 is 10.7. The van der Waals surface area contributed by atoms with E-state index in [9.17, 15) is 10.5 Å². The Labute approximate surface area is 321 Å². The Morgan fingerprint density at radius 3 is 1.59 bits per heavy atom. The van der Waals surface area contributed by atoms with Gasteiger partial charge in [-0.05, 0) is 78.9 Å². The molecule has 0 saturated carbocycles. The van der Waals surface area contributed by atoms with Crippen LogP contribution in [-0.4, -0.2) is 9.13 Å². The van der Waals surface area contributed by atoms with Gasteiger partial charge in [-0.15, -0.1) is 0 Å². The molecule has 8 aromatic carbocycles. The van der Waals surface area contributed by atoms with Crippen LogP contribution in [0.5, 0.6) is 0 Å². The fourth-order valence-electron chi connectivity index (χ4n) is 8.58. The summed E-state index contributed by atoms with van der Waals surface area (Å²) in [6.45, 7) is 0. The van der Waals surface area contributed by atoms with Crippen molar-refractivity contribution in [3.05, 3.63) is 187 Å². The van der Waals surface area contributed by atoms with Gasteiger partial charge < -0.3 is 18.5 Å². The monoisotopic (exact) mass is 715 g/mol. The number of rotatable bonds is 5. The summed E-state index contributed by atoms with van der Waals surface area (Å²) >= 11 is 0. The van der Waals surface area contributed by atoms with Crippen molar-refractivity contribution < 1.29 is 4.42 Å². The third-order valence-electron chi connectivity index (χ3n) is 10.9. The molecule has 0 aliphatic rings. The van der Waals surface area contributed by atoms with Gasteiger partial charge in [-0.2, -0.15) is 10.5 Å². The Bertz CT molecular complexity index is 3380. The summed E-state index contributed by atoms with van der Waals surface area (Å²) in [4.78, 5) is 2.07. The number of anilines is 3. The van der Waals surface area contributed by atoms with Gasteiger partial charge in [0.2, 0.25) is 0 Å². The predicted octanol–water partition coefficient (Wildman–Crippen LogP) is 13.0. The summed E-state index contributed by atoms with van der Waals surface area (Å²) in [5.41, 5.74) is 10.5. The van der Waals surface area contributed by atoms with Crippen molar-refractivity contribution in [2.24, 2.45) is 0 Å². The SMILES string of the molecule is N#Cc1cc(N(c2ccccc2)c2ccc3c(c2)oc2ccccc23)cc(C#N)c1-n1c2ccccc2c2cc(-n3c4ccccc4c4ccccc43)ccc21. The maximum atomic E-state index is 10.9. The first kappa shape index (κ1) is 31.5. The van der Waals surface area contributed by atoms with Crippen LogP contribution in [0.2, 0.25) is 0 Å². The van der Waals surface area contributed by atoms with E-state index in [4.69, 9.17) is 4.42 Å². The lowest BCUT2D eigenvalue weighted by Gasteiger charge is -2.26. The molecule has 0 aliphatic heterocycles. The number of aromatic nitrogens is 2. The van der Waals surface area contributed by atoms with Gasteiger partial charge in [0.05, 0.1) is 38.9 Å². The van der Waals surface area contributed by atoms with Crippen molar-refractivity contribution in [1.29, 1.82) is 10.5 Å². The van der Waals surface area contributed by atoms with Crippen LogP contribution in [0.3, 0.4) is 0 Å². The van der Waals surface area contributed by atoms with Crippen LogP contribution >= 0.6 is 0 Å². The molecule has 6 nitrogen and oxygen atoms in total. The lowest BCUT2D eigenvalue weighted by molar-refractivity contribution is 0.669. The van der Waals surface area contributed by atoms with E-state index in [1.807, 2.05) is 78.9 Å². The van der Waals surface area contributed by atoms with Crippen LogP contribution in [0.1, 0.15) is 11.1 Å². The van der Waals surface area contributed by atoms with Crippen LogP contribution < -0.4 is 4.90 Å². The van der Waals surface area contributed by atoms with Crippen molar-refractivity contribution in [2.45, 2.75) is 0 Å². The molecule has 0 unspecified atom stereocenters. The van der Waals surface area contributed by atoms with Crippen LogP contribution in [0, 0.1) is 22.7 Å². The van der Waals surface area contributed by atoms with E-state index in [2.05, 4.69) is 123 Å². The first-order valence-electron chi connectivity index (χ1n) is 18.5. The topological polar surface area (TPSA) is 73.8 Å². The standard InChI is InChI=1S/C50H29N5O/c51-30-32-26-37(53(34-12-2-1-3-13-34)36-22-24-42-41-17-7-11-21-48(41)56-49(42)29-36)27-33(31-52)50(32)55-46-20-10-6-16-40(46)43-28-35(23-25-47(43)55)54-44-18-8-4-14-38(44)39-15-5-9-19-45(39)54/h1-29H. The van der Waals surface area contributed by atoms with Crippen molar-refractivity contribution in [3.8, 4) is 23.5 Å². The van der Waals surface area contributed by atoms with Gasteiger partial charge in [-0.3, -0.25) is 0 Å². The third kappa shape index (κ3) is 4.61. The number of nitrogens with zero attached hydrogens (tertiary/aromatic N) is 5. The first-order valence-corrected chi connectivity index (χ1v) is 18.5. The first-order chi connectivity index (χ1) is 27.7. The largest absolute Gasteiger partial charge is 0.456 e. The predicted molar refractivity (Wildman–Crippen MR) is 227 cm³/mol. The number of hydrogen-bond acceptors (Lipinski definition) is 4. The third-order valence-corrected chi connectivity index (χ3v) is 10.9. The van der Waals surface area contributed by atoms with Gasteiger partial charge in [0.1, 0.15) is 23.3 Å². The molecular formula is C50H29N5O. The van der Waals surface area contributed by atoms with E-state index in [-0.39, 0.29) is 0 Å². The van der Waals surface area contributed by atoms with E-state index in [1.165, 1.54) is 10.8 Å². The Balaban J connectivity index is 1.13. The van der Waals surface area contributed by atoms with Gasteiger partial charge in [0.15, 0.2) is 0 Å². The molecule has 56 heavy (non-hydrogen) atoms. The number of hydrogen-bond donors (Lipinski definition) is 0. The summed E-state index contributed by atoms with van der Waals surface area (Å²) in [7, 11) is 0. The van der Waals surface area contributed by atoms with Crippen LogP contribution in [0.15, 0.2) is 180 Å². The van der Waals surface area contributed by atoms with Crippen LogP contribution in [0.4, 0.5) is 17.1 Å². The number of furan rings is 1. The minimum absolute atomic E-state index is 0.388. The number of nitriles is 2. The van der Waals surface area contributed by atoms with E-state index < -0.39 is 0 Å². The molecule has 0 aliphatic carbocycles. The zero-order valence-electron chi connectivity index (χ0n) is 29.9. The lowest BCUT2D eigenvalue weighted by Crippen LogP contribution is -2.12. The van der Waals surface area contributed by atoms with E-state index >= 15 is 0 Å². The van der Waals surface area contributed by atoms with Crippen molar-refractivity contribution in [1.82, 2.24) is 9.13 Å². The van der Waals surface area contributed by atoms with Crippen LogP contribution in [-0.2, 0) is 0 Å². The molecular weight excluding hydrogens is 687 g/mol. The second-order valence-electron chi connectivity index (χ2n) is 14.0. The van der Waals surface area contributed by atoms with E-state index in [0.29, 0.717) is 22.5 Å². The summed E-state index contributed by atoms with van der Waals surface area (Å²) in [6.07, 6.45) is 0. The average molecular weight is 716 g/mol. The average Bonchev–Trinajstić information content (AvgIpc) is 3.91. The molecule has 0 saturated heterocycles. The highest BCUT2D eigenvalue weighted by molar-refractivity contribution is 6.12. The second-order valence-corrected chi connectivity index (χ2v) is 14.0. The van der Waals surface area contributed by atoms with Gasteiger partial charge in [0, 0.05) is 61.1 Å². The quantitative estimate of drug-likeness (QED) is 0.178. The van der Waals surface area contributed by atoms with E-state index in [0.717, 1.165) is 71.8 Å². The molecule has 0 spiro atoms. The molecule has 3 aromatic heterocycles. The molecule has 11 rings (SSSR count). The maximum absolute atomic E-state index is 10.9. The summed E-state index contributed by atoms with van der Waals surface area (Å²) in [5.74, 6) is 0. The normalized spacial score (nSPS) is 11.5. The molecule has 0 bridgehead atoms. The molecule has 0 atom stereocenters. The minimum atomic E-state index is 0.388. The molecule has 0 amide bonds. The molecule has 0 fully saturated rings. The number of para-hydroxylation sites is 5. The Morgan fingerprint density at radius 1 is 0.393 bits per heavy atom. The highest BCUT2D eigenvalue weighted by Crippen LogP contribution is 2.42. The Morgan fingerprint density at radius 2 is 0.929 bits per heavy atom. The molecule has 260 valence electrons. The molecule has 3 heterocycles. The number of fused-ring (bicyclic) bond motifs is 9. The molecule has 6 heteroatoms. The van der Waals surface area contributed by atoms with Gasteiger partial charge in [-0.1, -0.05) is 91.0 Å². The molecule has 0 radical (unpaired) electrons.